The zero-order valence-electron chi connectivity index (χ0n) is 13.1. The number of nitrogens with two attached hydrogens (primary N) is 1. The van der Waals surface area contributed by atoms with Crippen LogP contribution in [0.3, 0.4) is 0 Å². The van der Waals surface area contributed by atoms with Gasteiger partial charge in [-0.15, -0.1) is 0 Å². The lowest BCUT2D eigenvalue weighted by atomic mass is 9.61. The summed E-state index contributed by atoms with van der Waals surface area (Å²) < 4.78 is 7.45. The topological polar surface area (TPSA) is 82.8 Å². The summed E-state index contributed by atoms with van der Waals surface area (Å²) in [6.45, 7) is 6.71. The molecule has 6 heteroatoms. The second-order valence-corrected chi connectivity index (χ2v) is 6.75. The molecule has 1 fully saturated rings. The van der Waals surface area contributed by atoms with Crippen molar-refractivity contribution in [1.29, 1.82) is 0 Å². The van der Waals surface area contributed by atoms with E-state index in [1.807, 2.05) is 11.6 Å². The molecule has 2 heterocycles. The fourth-order valence-electron chi connectivity index (χ4n) is 3.35. The first kappa shape index (κ1) is 14.3. The number of aromatic nitrogens is 4. The van der Waals surface area contributed by atoms with Crippen LogP contribution in [-0.2, 0) is 7.05 Å². The van der Waals surface area contributed by atoms with Crippen molar-refractivity contribution in [2.45, 2.75) is 45.6 Å². The van der Waals surface area contributed by atoms with E-state index in [-0.39, 0.29) is 17.4 Å². The fraction of sp³-hybridized carbons (Fsp3) is 0.667. The van der Waals surface area contributed by atoms with Crippen LogP contribution in [0.15, 0.2) is 17.0 Å². The molecule has 3 atom stereocenters. The standard InChI is InChI=1S/C15H23N5O/c1-9-11(16)6-5-10(15(9,2)3)14-18-13(19-21-14)12-7-17-8-20(12)4/h7-11H,5-6,16H2,1-4H3. The Hall–Kier alpha value is -1.69. The number of imidazole rings is 1. The Morgan fingerprint density at radius 1 is 1.38 bits per heavy atom. The molecule has 114 valence electrons. The predicted molar refractivity (Wildman–Crippen MR) is 79.4 cm³/mol. The zero-order valence-corrected chi connectivity index (χ0v) is 13.1. The normalized spacial score (nSPS) is 28.7. The predicted octanol–water partition coefficient (Wildman–Crippen LogP) is 2.34. The highest BCUT2D eigenvalue weighted by Crippen LogP contribution is 2.49. The molecule has 0 radical (unpaired) electrons. The lowest BCUT2D eigenvalue weighted by molar-refractivity contribution is 0.0806. The Bertz CT molecular complexity index is 630. The molecule has 0 amide bonds. The van der Waals surface area contributed by atoms with Crippen LogP contribution in [0.4, 0.5) is 0 Å². The van der Waals surface area contributed by atoms with E-state index in [4.69, 9.17) is 10.3 Å². The van der Waals surface area contributed by atoms with E-state index in [1.54, 1.807) is 12.5 Å². The minimum absolute atomic E-state index is 0.0495. The average molecular weight is 289 g/mol. The van der Waals surface area contributed by atoms with Crippen molar-refractivity contribution in [2.24, 2.45) is 24.1 Å². The Kier molecular flexibility index (Phi) is 3.36. The van der Waals surface area contributed by atoms with Gasteiger partial charge in [0.05, 0.1) is 12.5 Å². The summed E-state index contributed by atoms with van der Waals surface area (Å²) >= 11 is 0. The van der Waals surface area contributed by atoms with Crippen LogP contribution in [0, 0.1) is 11.3 Å². The Balaban J connectivity index is 1.91. The molecule has 6 nitrogen and oxygen atoms in total. The molecule has 3 unspecified atom stereocenters. The Labute approximate surface area is 124 Å². The molecule has 0 spiro atoms. The minimum Gasteiger partial charge on any atom is -0.339 e. The molecular weight excluding hydrogens is 266 g/mol. The molecule has 3 rings (SSSR count). The third-order valence-electron chi connectivity index (χ3n) is 5.29. The Morgan fingerprint density at radius 3 is 2.81 bits per heavy atom. The summed E-state index contributed by atoms with van der Waals surface area (Å²) in [5, 5.41) is 4.13. The van der Waals surface area contributed by atoms with Crippen molar-refractivity contribution in [3.63, 3.8) is 0 Å². The number of rotatable bonds is 2. The molecule has 2 aromatic heterocycles. The molecule has 0 aliphatic heterocycles. The van der Waals surface area contributed by atoms with E-state index >= 15 is 0 Å². The molecule has 1 aliphatic rings. The highest BCUT2D eigenvalue weighted by Gasteiger charge is 2.44. The molecular formula is C15H23N5O. The first-order valence-corrected chi connectivity index (χ1v) is 7.47. The zero-order chi connectivity index (χ0) is 15.2. The van der Waals surface area contributed by atoms with Gasteiger partial charge in [0.15, 0.2) is 0 Å². The quantitative estimate of drug-likeness (QED) is 0.917. The van der Waals surface area contributed by atoms with Gasteiger partial charge in [-0.05, 0) is 24.2 Å². The second-order valence-electron chi connectivity index (χ2n) is 6.75. The summed E-state index contributed by atoms with van der Waals surface area (Å²) in [5.74, 6) is 1.99. The van der Waals surface area contributed by atoms with Crippen LogP contribution < -0.4 is 5.73 Å². The van der Waals surface area contributed by atoms with Gasteiger partial charge in [0.1, 0.15) is 5.69 Å². The smallest absolute Gasteiger partial charge is 0.230 e. The van der Waals surface area contributed by atoms with Gasteiger partial charge in [0.2, 0.25) is 11.7 Å². The van der Waals surface area contributed by atoms with E-state index in [9.17, 15) is 0 Å². The average Bonchev–Trinajstić information content (AvgIpc) is 3.05. The number of hydrogen-bond donors (Lipinski definition) is 1. The third-order valence-corrected chi connectivity index (χ3v) is 5.29. The molecule has 2 aromatic rings. The highest BCUT2D eigenvalue weighted by atomic mass is 16.5. The van der Waals surface area contributed by atoms with E-state index in [0.29, 0.717) is 11.7 Å². The number of hydrogen-bond acceptors (Lipinski definition) is 5. The van der Waals surface area contributed by atoms with Crippen LogP contribution >= 0.6 is 0 Å². The maximum absolute atomic E-state index is 6.22. The summed E-state index contributed by atoms with van der Waals surface area (Å²) in [5.41, 5.74) is 7.13. The van der Waals surface area contributed by atoms with E-state index in [2.05, 4.69) is 35.9 Å². The maximum Gasteiger partial charge on any atom is 0.230 e. The van der Waals surface area contributed by atoms with Gasteiger partial charge in [0.25, 0.3) is 0 Å². The monoisotopic (exact) mass is 289 g/mol. The van der Waals surface area contributed by atoms with Gasteiger partial charge in [-0.25, -0.2) is 4.98 Å². The molecule has 2 N–H and O–H groups in total. The number of aryl methyl sites for hydroxylation is 1. The third kappa shape index (κ3) is 2.27. The molecule has 0 aromatic carbocycles. The summed E-state index contributed by atoms with van der Waals surface area (Å²) in [7, 11) is 1.92. The van der Waals surface area contributed by atoms with Gasteiger partial charge in [-0.2, -0.15) is 4.98 Å². The summed E-state index contributed by atoms with van der Waals surface area (Å²) in [4.78, 5) is 8.71. The largest absolute Gasteiger partial charge is 0.339 e. The van der Waals surface area contributed by atoms with E-state index in [0.717, 1.165) is 24.4 Å². The second kappa shape index (κ2) is 4.94. The summed E-state index contributed by atoms with van der Waals surface area (Å²) in [6, 6.07) is 0.246. The van der Waals surface area contributed by atoms with Crippen molar-refractivity contribution >= 4 is 0 Å². The van der Waals surface area contributed by atoms with Crippen molar-refractivity contribution in [3.05, 3.63) is 18.4 Å². The van der Waals surface area contributed by atoms with Crippen LogP contribution in [0.2, 0.25) is 0 Å². The van der Waals surface area contributed by atoms with Gasteiger partial charge >= 0.3 is 0 Å². The van der Waals surface area contributed by atoms with Crippen LogP contribution in [0.1, 0.15) is 45.4 Å². The van der Waals surface area contributed by atoms with Gasteiger partial charge in [0, 0.05) is 19.0 Å². The molecule has 1 aliphatic carbocycles. The Morgan fingerprint density at radius 2 is 2.14 bits per heavy atom. The van der Waals surface area contributed by atoms with E-state index < -0.39 is 0 Å². The van der Waals surface area contributed by atoms with Gasteiger partial charge in [-0.3, -0.25) is 0 Å². The van der Waals surface area contributed by atoms with Crippen molar-refractivity contribution in [3.8, 4) is 11.5 Å². The van der Waals surface area contributed by atoms with Crippen molar-refractivity contribution < 1.29 is 4.52 Å². The first-order valence-electron chi connectivity index (χ1n) is 7.47. The van der Waals surface area contributed by atoms with Crippen LogP contribution in [0.25, 0.3) is 11.5 Å². The van der Waals surface area contributed by atoms with Crippen molar-refractivity contribution in [2.75, 3.05) is 0 Å². The van der Waals surface area contributed by atoms with Gasteiger partial charge < -0.3 is 14.8 Å². The summed E-state index contributed by atoms with van der Waals surface area (Å²) in [6.07, 6.45) is 5.47. The van der Waals surface area contributed by atoms with Crippen LogP contribution in [-0.4, -0.2) is 25.7 Å². The van der Waals surface area contributed by atoms with E-state index in [1.165, 1.54) is 0 Å². The maximum atomic E-state index is 6.22. The molecule has 0 bridgehead atoms. The first-order chi connectivity index (χ1) is 9.91. The molecule has 1 saturated carbocycles. The molecule has 21 heavy (non-hydrogen) atoms. The highest BCUT2D eigenvalue weighted by molar-refractivity contribution is 5.47. The van der Waals surface area contributed by atoms with Gasteiger partial charge in [-0.1, -0.05) is 25.9 Å². The molecule has 0 saturated heterocycles. The minimum atomic E-state index is 0.0495. The van der Waals surface area contributed by atoms with Crippen molar-refractivity contribution in [1.82, 2.24) is 19.7 Å². The lowest BCUT2D eigenvalue weighted by Crippen LogP contribution is -2.45. The SMILES string of the molecule is CC1C(N)CCC(c2nc(-c3cncn3C)no2)C1(C)C. The van der Waals surface area contributed by atoms with Crippen LogP contribution in [0.5, 0.6) is 0 Å². The number of nitrogens with zero attached hydrogens (tertiary/aromatic N) is 4. The fourth-order valence-corrected chi connectivity index (χ4v) is 3.35. The lowest BCUT2D eigenvalue weighted by Gasteiger charge is -2.45.